The minimum absolute atomic E-state index is 0.0168. The van der Waals surface area contributed by atoms with Crippen LogP contribution >= 0.6 is 11.6 Å². The first kappa shape index (κ1) is 19.1. The van der Waals surface area contributed by atoms with Gasteiger partial charge in [0, 0.05) is 12.1 Å². The van der Waals surface area contributed by atoms with Gasteiger partial charge in [0.15, 0.2) is 0 Å². The number of aliphatic hydroxyl groups excluding tert-OH is 1. The molecule has 140 valence electrons. The molecule has 5 nitrogen and oxygen atoms in total. The second kappa shape index (κ2) is 7.90. The minimum atomic E-state index is -0.985. The van der Waals surface area contributed by atoms with E-state index >= 15 is 0 Å². The first-order chi connectivity index (χ1) is 12.9. The maximum Gasteiger partial charge on any atom is 0.251 e. The van der Waals surface area contributed by atoms with Gasteiger partial charge in [0.05, 0.1) is 28.2 Å². The highest BCUT2D eigenvalue weighted by Crippen LogP contribution is 2.22. The number of amides is 1. The summed E-state index contributed by atoms with van der Waals surface area (Å²) in [6.07, 6.45) is -0.985. The van der Waals surface area contributed by atoms with Crippen LogP contribution in [0.3, 0.4) is 0 Å². The van der Waals surface area contributed by atoms with Crippen LogP contribution in [0.2, 0.25) is 5.02 Å². The summed E-state index contributed by atoms with van der Waals surface area (Å²) < 4.78 is 14.9. The summed E-state index contributed by atoms with van der Waals surface area (Å²) >= 11 is 6.17. The van der Waals surface area contributed by atoms with Crippen molar-refractivity contribution in [2.24, 2.45) is 0 Å². The van der Waals surface area contributed by atoms with Crippen LogP contribution in [0.5, 0.6) is 0 Å². The van der Waals surface area contributed by atoms with Gasteiger partial charge in [0.25, 0.3) is 5.91 Å². The lowest BCUT2D eigenvalue weighted by atomic mass is 10.1. The average molecular weight is 388 g/mol. The van der Waals surface area contributed by atoms with Crippen LogP contribution in [-0.2, 0) is 0 Å². The lowest BCUT2D eigenvalue weighted by Gasteiger charge is -2.13. The average Bonchev–Trinajstić information content (AvgIpc) is 2.93. The second-order valence-corrected chi connectivity index (χ2v) is 6.60. The highest BCUT2D eigenvalue weighted by atomic mass is 35.5. The number of halogens is 2. The number of nitrogens with one attached hydrogen (secondary N) is 1. The van der Waals surface area contributed by atoms with E-state index < -0.39 is 11.9 Å². The highest BCUT2D eigenvalue weighted by molar-refractivity contribution is 6.31. The van der Waals surface area contributed by atoms with Gasteiger partial charge in [0.1, 0.15) is 5.82 Å². The zero-order chi connectivity index (χ0) is 19.6. The predicted octanol–water partition coefficient (Wildman–Crippen LogP) is 3.75. The summed E-state index contributed by atoms with van der Waals surface area (Å²) in [5.74, 6) is -0.763. The molecule has 0 saturated heterocycles. The van der Waals surface area contributed by atoms with Crippen LogP contribution in [-0.4, -0.2) is 27.3 Å². The molecule has 0 fully saturated rings. The molecule has 0 aliphatic heterocycles. The quantitative estimate of drug-likeness (QED) is 0.700. The number of hydrogen-bond acceptors (Lipinski definition) is 3. The van der Waals surface area contributed by atoms with E-state index in [0.29, 0.717) is 16.1 Å². The van der Waals surface area contributed by atoms with E-state index in [1.165, 1.54) is 18.2 Å². The molecule has 0 radical (unpaired) electrons. The standard InChI is InChI=1S/C20H19ClFN3O2/c1-12-19(21)13(2)25(24-12)17-8-6-14(7-9-17)20(27)23-11-18(26)15-4-3-5-16(22)10-15/h3-10,18,26H,11H2,1-2H3,(H,23,27). The molecular formula is C20H19ClFN3O2. The van der Waals surface area contributed by atoms with Gasteiger partial charge in [-0.05, 0) is 55.8 Å². The van der Waals surface area contributed by atoms with E-state index in [4.69, 9.17) is 11.6 Å². The lowest BCUT2D eigenvalue weighted by molar-refractivity contribution is 0.0916. The van der Waals surface area contributed by atoms with Gasteiger partial charge in [-0.3, -0.25) is 4.79 Å². The van der Waals surface area contributed by atoms with Gasteiger partial charge in [-0.1, -0.05) is 23.7 Å². The van der Waals surface area contributed by atoms with Crippen LogP contribution in [0.4, 0.5) is 4.39 Å². The van der Waals surface area contributed by atoms with Crippen LogP contribution in [0, 0.1) is 19.7 Å². The summed E-state index contributed by atoms with van der Waals surface area (Å²) in [6, 6.07) is 12.5. The van der Waals surface area contributed by atoms with Gasteiger partial charge in [-0.25, -0.2) is 9.07 Å². The molecule has 0 spiro atoms. The first-order valence-corrected chi connectivity index (χ1v) is 8.78. The normalized spacial score (nSPS) is 12.0. The van der Waals surface area contributed by atoms with Gasteiger partial charge in [0.2, 0.25) is 0 Å². The van der Waals surface area contributed by atoms with E-state index in [1.54, 1.807) is 35.0 Å². The Labute approximate surface area is 161 Å². The molecule has 1 aromatic heterocycles. The molecular weight excluding hydrogens is 369 g/mol. The van der Waals surface area contributed by atoms with Crippen molar-refractivity contribution in [3.63, 3.8) is 0 Å². The Bertz CT molecular complexity index is 970. The Kier molecular flexibility index (Phi) is 5.58. The van der Waals surface area contributed by atoms with Crippen LogP contribution in [0.25, 0.3) is 5.69 Å². The molecule has 0 saturated carbocycles. The Hall–Kier alpha value is -2.70. The molecule has 1 amide bonds. The maximum absolute atomic E-state index is 13.2. The van der Waals surface area contributed by atoms with E-state index in [1.807, 2.05) is 13.8 Å². The topological polar surface area (TPSA) is 67.2 Å². The number of aromatic nitrogens is 2. The largest absolute Gasteiger partial charge is 0.387 e. The fourth-order valence-electron chi connectivity index (χ4n) is 2.75. The number of benzene rings is 2. The lowest BCUT2D eigenvalue weighted by Crippen LogP contribution is -2.28. The monoisotopic (exact) mass is 387 g/mol. The number of nitrogens with zero attached hydrogens (tertiary/aromatic N) is 2. The summed E-state index contributed by atoms with van der Waals surface area (Å²) in [6.45, 7) is 3.69. The summed E-state index contributed by atoms with van der Waals surface area (Å²) in [5, 5.41) is 17.7. The Morgan fingerprint density at radius 3 is 2.56 bits per heavy atom. The number of aliphatic hydroxyl groups is 1. The Morgan fingerprint density at radius 2 is 1.96 bits per heavy atom. The van der Waals surface area contributed by atoms with Crippen molar-refractivity contribution in [1.82, 2.24) is 15.1 Å². The van der Waals surface area contributed by atoms with Crippen molar-refractivity contribution >= 4 is 17.5 Å². The number of carbonyl (C=O) groups excluding carboxylic acids is 1. The number of rotatable bonds is 5. The van der Waals surface area contributed by atoms with Crippen molar-refractivity contribution in [3.05, 3.63) is 81.9 Å². The van der Waals surface area contributed by atoms with Crippen molar-refractivity contribution in [2.45, 2.75) is 20.0 Å². The SMILES string of the molecule is Cc1nn(-c2ccc(C(=O)NCC(O)c3cccc(F)c3)cc2)c(C)c1Cl. The fourth-order valence-corrected chi connectivity index (χ4v) is 2.87. The number of carbonyl (C=O) groups is 1. The van der Waals surface area contributed by atoms with E-state index in [0.717, 1.165) is 17.1 Å². The zero-order valence-electron chi connectivity index (χ0n) is 14.9. The third kappa shape index (κ3) is 4.18. The van der Waals surface area contributed by atoms with Gasteiger partial charge >= 0.3 is 0 Å². The van der Waals surface area contributed by atoms with Crippen molar-refractivity contribution in [2.75, 3.05) is 6.54 Å². The molecule has 0 bridgehead atoms. The van der Waals surface area contributed by atoms with Gasteiger partial charge in [-0.2, -0.15) is 5.10 Å². The Morgan fingerprint density at radius 1 is 1.26 bits per heavy atom. The number of hydrogen-bond donors (Lipinski definition) is 2. The summed E-state index contributed by atoms with van der Waals surface area (Å²) in [4.78, 5) is 12.3. The summed E-state index contributed by atoms with van der Waals surface area (Å²) in [5.41, 5.74) is 3.20. The molecule has 7 heteroatoms. The maximum atomic E-state index is 13.2. The predicted molar refractivity (Wildman–Crippen MR) is 102 cm³/mol. The van der Waals surface area contributed by atoms with Crippen molar-refractivity contribution in [3.8, 4) is 5.69 Å². The highest BCUT2D eigenvalue weighted by Gasteiger charge is 2.13. The molecule has 0 aliphatic rings. The first-order valence-electron chi connectivity index (χ1n) is 8.40. The molecule has 1 atom stereocenters. The van der Waals surface area contributed by atoms with Crippen molar-refractivity contribution in [1.29, 1.82) is 0 Å². The molecule has 2 N–H and O–H groups in total. The van der Waals surface area contributed by atoms with Crippen LogP contribution in [0.1, 0.15) is 33.4 Å². The molecule has 3 aromatic rings. The van der Waals surface area contributed by atoms with Gasteiger partial charge in [-0.15, -0.1) is 0 Å². The smallest absolute Gasteiger partial charge is 0.251 e. The van der Waals surface area contributed by atoms with Crippen molar-refractivity contribution < 1.29 is 14.3 Å². The molecule has 3 rings (SSSR count). The van der Waals surface area contributed by atoms with Crippen LogP contribution in [0.15, 0.2) is 48.5 Å². The molecule has 1 unspecified atom stereocenters. The molecule has 27 heavy (non-hydrogen) atoms. The molecule has 1 heterocycles. The van der Waals surface area contributed by atoms with E-state index in [-0.39, 0.29) is 12.5 Å². The minimum Gasteiger partial charge on any atom is -0.387 e. The van der Waals surface area contributed by atoms with E-state index in [9.17, 15) is 14.3 Å². The second-order valence-electron chi connectivity index (χ2n) is 6.22. The Balaban J connectivity index is 1.66. The van der Waals surface area contributed by atoms with E-state index in [2.05, 4.69) is 10.4 Å². The van der Waals surface area contributed by atoms with Gasteiger partial charge < -0.3 is 10.4 Å². The molecule has 0 aliphatic carbocycles. The molecule has 2 aromatic carbocycles. The third-order valence-electron chi connectivity index (χ3n) is 4.27. The summed E-state index contributed by atoms with van der Waals surface area (Å²) in [7, 11) is 0. The third-order valence-corrected chi connectivity index (χ3v) is 4.81. The zero-order valence-corrected chi connectivity index (χ0v) is 15.7. The fraction of sp³-hybridized carbons (Fsp3) is 0.200. The van der Waals surface area contributed by atoms with Crippen LogP contribution < -0.4 is 5.32 Å². The number of aryl methyl sites for hydroxylation is 1.